The maximum atomic E-state index is 12.0. The second-order valence-corrected chi connectivity index (χ2v) is 7.05. The first-order chi connectivity index (χ1) is 9.52. The molecule has 4 heteroatoms. The molecular weight excluding hydrogens is 252 g/mol. The van der Waals surface area contributed by atoms with Crippen molar-refractivity contribution in [2.75, 3.05) is 13.2 Å². The van der Waals surface area contributed by atoms with Crippen molar-refractivity contribution < 1.29 is 9.53 Å². The van der Waals surface area contributed by atoms with Gasteiger partial charge in [0.2, 0.25) is 5.91 Å². The molecule has 1 aliphatic carbocycles. The first-order valence-electron chi connectivity index (χ1n) is 8.18. The molecule has 2 fully saturated rings. The van der Waals surface area contributed by atoms with Crippen molar-refractivity contribution in [2.24, 2.45) is 17.6 Å². The summed E-state index contributed by atoms with van der Waals surface area (Å²) in [6.45, 7) is 6.12. The quantitative estimate of drug-likeness (QED) is 0.785. The standard InChI is InChI=1S/C16H30N2O2/c1-12(2)9-13-5-3-7-16(10-13,15(17)19)18-11-14-6-4-8-20-14/h12-14,18H,3-11H2,1-2H3,(H2,17,19). The van der Waals surface area contributed by atoms with Gasteiger partial charge in [-0.1, -0.05) is 26.7 Å². The Hall–Kier alpha value is -0.610. The van der Waals surface area contributed by atoms with Crippen LogP contribution in [0, 0.1) is 11.8 Å². The third kappa shape index (κ3) is 3.95. The van der Waals surface area contributed by atoms with E-state index in [-0.39, 0.29) is 12.0 Å². The van der Waals surface area contributed by atoms with Crippen LogP contribution >= 0.6 is 0 Å². The van der Waals surface area contributed by atoms with E-state index in [0.29, 0.717) is 11.8 Å². The monoisotopic (exact) mass is 282 g/mol. The number of amides is 1. The number of carbonyl (C=O) groups is 1. The highest BCUT2D eigenvalue weighted by Gasteiger charge is 2.41. The minimum absolute atomic E-state index is 0.177. The summed E-state index contributed by atoms with van der Waals surface area (Å²) in [6.07, 6.45) is 7.78. The summed E-state index contributed by atoms with van der Waals surface area (Å²) in [5.74, 6) is 1.12. The summed E-state index contributed by atoms with van der Waals surface area (Å²) >= 11 is 0. The van der Waals surface area contributed by atoms with Crippen LogP contribution in [0.4, 0.5) is 0 Å². The van der Waals surface area contributed by atoms with Gasteiger partial charge in [0.25, 0.3) is 0 Å². The van der Waals surface area contributed by atoms with E-state index in [9.17, 15) is 4.79 Å². The molecule has 0 aromatic carbocycles. The summed E-state index contributed by atoms with van der Waals surface area (Å²) in [4.78, 5) is 12.0. The van der Waals surface area contributed by atoms with Gasteiger partial charge in [-0.3, -0.25) is 4.79 Å². The first-order valence-corrected chi connectivity index (χ1v) is 8.18. The highest BCUT2D eigenvalue weighted by molar-refractivity contribution is 5.84. The second kappa shape index (κ2) is 6.90. The van der Waals surface area contributed by atoms with Crippen molar-refractivity contribution in [3.63, 3.8) is 0 Å². The van der Waals surface area contributed by atoms with Crippen molar-refractivity contribution in [2.45, 2.75) is 70.4 Å². The molecule has 1 heterocycles. The van der Waals surface area contributed by atoms with Crippen LogP contribution in [0.3, 0.4) is 0 Å². The van der Waals surface area contributed by atoms with Gasteiger partial charge in [-0.25, -0.2) is 0 Å². The zero-order valence-electron chi connectivity index (χ0n) is 13.0. The van der Waals surface area contributed by atoms with Crippen molar-refractivity contribution in [3.8, 4) is 0 Å². The molecular formula is C16H30N2O2. The lowest BCUT2D eigenvalue weighted by Gasteiger charge is -2.40. The molecule has 0 aromatic heterocycles. The summed E-state index contributed by atoms with van der Waals surface area (Å²) in [5, 5.41) is 3.48. The van der Waals surface area contributed by atoms with Gasteiger partial charge in [0.15, 0.2) is 0 Å². The van der Waals surface area contributed by atoms with Gasteiger partial charge in [0.05, 0.1) is 11.6 Å². The van der Waals surface area contributed by atoms with Gasteiger partial charge in [-0.15, -0.1) is 0 Å². The van der Waals surface area contributed by atoms with Crippen molar-refractivity contribution in [1.82, 2.24) is 5.32 Å². The van der Waals surface area contributed by atoms with Crippen molar-refractivity contribution in [3.05, 3.63) is 0 Å². The molecule has 0 bridgehead atoms. The summed E-state index contributed by atoms with van der Waals surface area (Å²) < 4.78 is 5.65. The van der Waals surface area contributed by atoms with E-state index in [0.717, 1.165) is 45.3 Å². The molecule has 1 amide bonds. The molecule has 0 radical (unpaired) electrons. The Morgan fingerprint density at radius 2 is 2.20 bits per heavy atom. The topological polar surface area (TPSA) is 64.3 Å². The zero-order chi connectivity index (χ0) is 14.6. The van der Waals surface area contributed by atoms with E-state index >= 15 is 0 Å². The predicted octanol–water partition coefficient (Wildman–Crippen LogP) is 2.22. The van der Waals surface area contributed by atoms with E-state index in [4.69, 9.17) is 10.5 Å². The van der Waals surface area contributed by atoms with Gasteiger partial charge in [0.1, 0.15) is 0 Å². The average molecular weight is 282 g/mol. The largest absolute Gasteiger partial charge is 0.377 e. The molecule has 0 spiro atoms. The predicted molar refractivity (Wildman–Crippen MR) is 80.3 cm³/mol. The molecule has 1 aliphatic heterocycles. The Bertz CT molecular complexity index is 326. The van der Waals surface area contributed by atoms with Gasteiger partial charge in [-0.2, -0.15) is 0 Å². The van der Waals surface area contributed by atoms with E-state index < -0.39 is 5.54 Å². The average Bonchev–Trinajstić information content (AvgIpc) is 2.89. The van der Waals surface area contributed by atoms with E-state index in [1.54, 1.807) is 0 Å². The molecule has 3 atom stereocenters. The fraction of sp³-hybridized carbons (Fsp3) is 0.938. The second-order valence-electron chi connectivity index (χ2n) is 7.05. The van der Waals surface area contributed by atoms with Crippen LogP contribution in [0.5, 0.6) is 0 Å². The summed E-state index contributed by atoms with van der Waals surface area (Å²) in [5.41, 5.74) is 5.24. The normalized spacial score (nSPS) is 34.5. The summed E-state index contributed by atoms with van der Waals surface area (Å²) in [6, 6.07) is 0. The Labute approximate surface area is 122 Å². The SMILES string of the molecule is CC(C)CC1CCCC(NCC2CCCO2)(C(N)=O)C1. The molecule has 1 saturated carbocycles. The maximum absolute atomic E-state index is 12.0. The van der Waals surface area contributed by atoms with E-state index in [1.165, 1.54) is 12.8 Å². The minimum Gasteiger partial charge on any atom is -0.377 e. The van der Waals surface area contributed by atoms with Crippen molar-refractivity contribution in [1.29, 1.82) is 0 Å². The Morgan fingerprint density at radius 3 is 2.80 bits per heavy atom. The third-order valence-corrected chi connectivity index (χ3v) is 4.82. The Morgan fingerprint density at radius 1 is 1.40 bits per heavy atom. The highest BCUT2D eigenvalue weighted by atomic mass is 16.5. The molecule has 3 N–H and O–H groups in total. The fourth-order valence-corrected chi connectivity index (χ4v) is 3.84. The first kappa shape index (κ1) is 15.8. The fourth-order valence-electron chi connectivity index (χ4n) is 3.84. The van der Waals surface area contributed by atoms with Gasteiger partial charge in [0, 0.05) is 13.2 Å². The number of ether oxygens (including phenoxy) is 1. The Balaban J connectivity index is 1.94. The van der Waals surface area contributed by atoms with Crippen LogP contribution in [0.2, 0.25) is 0 Å². The number of nitrogens with one attached hydrogen (secondary N) is 1. The number of primary amides is 1. The van der Waals surface area contributed by atoms with E-state index in [2.05, 4.69) is 19.2 Å². The number of nitrogens with two attached hydrogens (primary N) is 1. The Kier molecular flexibility index (Phi) is 5.44. The van der Waals surface area contributed by atoms with Crippen LogP contribution in [-0.4, -0.2) is 30.7 Å². The molecule has 3 unspecified atom stereocenters. The van der Waals surface area contributed by atoms with Crippen LogP contribution < -0.4 is 11.1 Å². The third-order valence-electron chi connectivity index (χ3n) is 4.82. The summed E-state index contributed by atoms with van der Waals surface area (Å²) in [7, 11) is 0. The number of rotatable bonds is 6. The van der Waals surface area contributed by atoms with Crippen LogP contribution in [-0.2, 0) is 9.53 Å². The van der Waals surface area contributed by atoms with Gasteiger partial charge in [-0.05, 0) is 43.9 Å². The minimum atomic E-state index is -0.496. The smallest absolute Gasteiger partial charge is 0.237 e. The number of hydrogen-bond donors (Lipinski definition) is 2. The number of hydrogen-bond acceptors (Lipinski definition) is 3. The van der Waals surface area contributed by atoms with Crippen molar-refractivity contribution >= 4 is 5.91 Å². The lowest BCUT2D eigenvalue weighted by molar-refractivity contribution is -0.126. The molecule has 2 aliphatic rings. The van der Waals surface area contributed by atoms with Crippen LogP contribution in [0.25, 0.3) is 0 Å². The van der Waals surface area contributed by atoms with Crippen LogP contribution in [0.1, 0.15) is 58.8 Å². The maximum Gasteiger partial charge on any atom is 0.237 e. The highest BCUT2D eigenvalue weighted by Crippen LogP contribution is 2.36. The molecule has 0 aromatic rings. The van der Waals surface area contributed by atoms with Crippen LogP contribution in [0.15, 0.2) is 0 Å². The molecule has 20 heavy (non-hydrogen) atoms. The molecule has 2 rings (SSSR count). The van der Waals surface area contributed by atoms with E-state index in [1.807, 2.05) is 0 Å². The van der Waals surface area contributed by atoms with Gasteiger partial charge < -0.3 is 15.8 Å². The van der Waals surface area contributed by atoms with Gasteiger partial charge >= 0.3 is 0 Å². The molecule has 116 valence electrons. The molecule has 4 nitrogen and oxygen atoms in total. The lowest BCUT2D eigenvalue weighted by Crippen LogP contribution is -2.59. The zero-order valence-corrected chi connectivity index (χ0v) is 13.0. The molecule has 1 saturated heterocycles. The lowest BCUT2D eigenvalue weighted by atomic mass is 9.72. The number of carbonyl (C=O) groups excluding carboxylic acids is 1.